The Labute approximate surface area is 320 Å². The van der Waals surface area contributed by atoms with E-state index >= 15 is 0 Å². The summed E-state index contributed by atoms with van der Waals surface area (Å²) in [6.45, 7) is 34.2. The van der Waals surface area contributed by atoms with E-state index in [1.807, 2.05) is 13.8 Å². The van der Waals surface area contributed by atoms with Gasteiger partial charge in [-0.3, -0.25) is 0 Å². The van der Waals surface area contributed by atoms with Gasteiger partial charge in [0.1, 0.15) is 0 Å². The monoisotopic (exact) mass is 712 g/mol. The molecule has 5 atom stereocenters. The molecule has 3 unspecified atom stereocenters. The Balaban J connectivity index is 0.00000113. The predicted molar refractivity (Wildman–Crippen MR) is 225 cm³/mol. The first kappa shape index (κ1) is 41.7. The molecule has 5 fully saturated rings. The van der Waals surface area contributed by atoms with Crippen molar-refractivity contribution in [2.75, 3.05) is 6.54 Å². The van der Waals surface area contributed by atoms with E-state index in [-0.39, 0.29) is 29.1 Å². The van der Waals surface area contributed by atoms with Crippen LogP contribution in [0.25, 0.3) is 0 Å². The Bertz CT molecular complexity index is 1320. The molecule has 1 aromatic rings. The van der Waals surface area contributed by atoms with Gasteiger partial charge >= 0.3 is 0 Å². The average molecular weight is 712 g/mol. The minimum Gasteiger partial charge on any atom is -0.399 e. The van der Waals surface area contributed by atoms with Crippen molar-refractivity contribution in [2.45, 2.75) is 167 Å². The third kappa shape index (κ3) is 12.2. The first-order chi connectivity index (χ1) is 24.8. The summed E-state index contributed by atoms with van der Waals surface area (Å²) in [4.78, 5) is 2.57. The molecule has 1 heterocycles. The van der Waals surface area contributed by atoms with E-state index < -0.39 is 0 Å². The lowest BCUT2D eigenvalue weighted by atomic mass is 9.78. The van der Waals surface area contributed by atoms with Gasteiger partial charge in [0, 0.05) is 35.2 Å². The molecule has 0 aromatic heterocycles. The molecule has 6 rings (SSSR count). The van der Waals surface area contributed by atoms with Gasteiger partial charge in [0.15, 0.2) is 0 Å². The second-order valence-corrected chi connectivity index (χ2v) is 17.8. The number of nitrogens with zero attached hydrogens (tertiary/aromatic N) is 1. The summed E-state index contributed by atoms with van der Waals surface area (Å²) < 4.78 is 0. The molecule has 52 heavy (non-hydrogen) atoms. The second kappa shape index (κ2) is 19.3. The lowest BCUT2D eigenvalue weighted by Crippen LogP contribution is -2.54. The zero-order chi connectivity index (χ0) is 37.9. The zero-order valence-electron chi connectivity index (χ0n) is 34.1. The maximum atomic E-state index is 6.05. The van der Waals surface area contributed by atoms with Crippen molar-refractivity contribution in [2.24, 2.45) is 28.9 Å². The predicted octanol–water partition coefficient (Wildman–Crippen LogP) is 10.9. The molecule has 1 saturated heterocycles. The zero-order valence-corrected chi connectivity index (χ0v) is 34.1. The van der Waals surface area contributed by atoms with Crippen LogP contribution in [0.5, 0.6) is 0 Å². The topological polar surface area (TPSA) is 65.3 Å². The molecule has 4 aliphatic carbocycles. The van der Waals surface area contributed by atoms with Gasteiger partial charge < -0.3 is 26.6 Å². The lowest BCUT2D eigenvalue weighted by Gasteiger charge is -2.45. The smallest absolute Gasteiger partial charge is 0.0922 e. The van der Waals surface area contributed by atoms with Crippen LogP contribution in [0.2, 0.25) is 0 Å². The summed E-state index contributed by atoms with van der Waals surface area (Å²) >= 11 is 0. The number of likely N-dealkylation sites (tertiary alicyclic amines) is 1. The number of hydrogen-bond donors (Lipinski definition) is 4. The summed E-state index contributed by atoms with van der Waals surface area (Å²) in [7, 11) is 0. The molecule has 5 nitrogen and oxygen atoms in total. The SMILES string of the molecule is C1CC1.C=C(NC(C(=C)N1C[C@@H]2C[C@@H]2C1C(=C)NC(CC(=C)C(=C)N)CC1CCC1)C(C)(C)C)NC1(CCCc2ccccc2)CCCCC1.CC. The molecule has 0 radical (unpaired) electrons. The third-order valence-corrected chi connectivity index (χ3v) is 12.1. The van der Waals surface area contributed by atoms with E-state index in [4.69, 9.17) is 12.3 Å². The quantitative estimate of drug-likeness (QED) is 0.114. The van der Waals surface area contributed by atoms with Gasteiger partial charge in [0.25, 0.3) is 0 Å². The van der Waals surface area contributed by atoms with Crippen molar-refractivity contribution >= 4 is 0 Å². The van der Waals surface area contributed by atoms with Crippen LogP contribution in [0.3, 0.4) is 0 Å². The molecular formula is C47H77N5. The summed E-state index contributed by atoms with van der Waals surface area (Å²) in [6.07, 6.45) is 21.5. The fourth-order valence-corrected chi connectivity index (χ4v) is 8.75. The number of hydrogen-bond acceptors (Lipinski definition) is 5. The largest absolute Gasteiger partial charge is 0.399 e. The number of benzene rings is 1. The first-order valence-corrected chi connectivity index (χ1v) is 21.2. The van der Waals surface area contributed by atoms with E-state index in [2.05, 4.69) is 98.3 Å². The number of nitrogens with two attached hydrogens (primary N) is 1. The molecule has 290 valence electrons. The number of allylic oxidation sites excluding steroid dienone is 1. The molecule has 0 bridgehead atoms. The summed E-state index contributed by atoms with van der Waals surface area (Å²) in [5.41, 5.74) is 11.3. The number of nitrogens with one attached hydrogen (secondary N) is 3. The van der Waals surface area contributed by atoms with E-state index in [1.165, 1.54) is 95.5 Å². The van der Waals surface area contributed by atoms with E-state index in [9.17, 15) is 0 Å². The highest BCUT2D eigenvalue weighted by Gasteiger charge is 2.55. The minimum absolute atomic E-state index is 0.0476. The van der Waals surface area contributed by atoms with Crippen LogP contribution in [-0.2, 0) is 6.42 Å². The van der Waals surface area contributed by atoms with Crippen LogP contribution in [-0.4, -0.2) is 35.1 Å². The molecule has 1 aliphatic heterocycles. The van der Waals surface area contributed by atoms with Gasteiger partial charge in [-0.05, 0) is 85.7 Å². The Kier molecular flexibility index (Phi) is 15.5. The van der Waals surface area contributed by atoms with Crippen molar-refractivity contribution in [1.82, 2.24) is 20.9 Å². The molecule has 5 aliphatic rings. The van der Waals surface area contributed by atoms with E-state index in [1.54, 1.807) is 0 Å². The van der Waals surface area contributed by atoms with Crippen molar-refractivity contribution in [1.29, 1.82) is 0 Å². The Hall–Kier alpha value is -3.08. The van der Waals surface area contributed by atoms with Crippen molar-refractivity contribution in [3.05, 3.63) is 97.3 Å². The Morgan fingerprint density at radius 3 is 2.10 bits per heavy atom. The number of aryl methyl sites for hydroxylation is 1. The van der Waals surface area contributed by atoms with Crippen LogP contribution in [0.4, 0.5) is 0 Å². The van der Waals surface area contributed by atoms with Gasteiger partial charge in [-0.1, -0.05) is 156 Å². The maximum absolute atomic E-state index is 6.05. The highest BCUT2D eigenvalue weighted by Crippen LogP contribution is 2.53. The number of rotatable bonds is 18. The third-order valence-electron chi connectivity index (χ3n) is 12.1. The summed E-state index contributed by atoms with van der Waals surface area (Å²) in [5, 5.41) is 11.8. The van der Waals surface area contributed by atoms with Gasteiger partial charge in [-0.2, -0.15) is 0 Å². The molecule has 0 spiro atoms. The van der Waals surface area contributed by atoms with Gasteiger partial charge in [-0.15, -0.1) is 0 Å². The van der Waals surface area contributed by atoms with Crippen molar-refractivity contribution in [3.63, 3.8) is 0 Å². The van der Waals surface area contributed by atoms with Crippen molar-refractivity contribution < 1.29 is 0 Å². The highest BCUT2D eigenvalue weighted by atomic mass is 15.3. The molecule has 4 saturated carbocycles. The van der Waals surface area contributed by atoms with Crippen LogP contribution < -0.4 is 21.7 Å². The van der Waals surface area contributed by atoms with E-state index in [0.29, 0.717) is 11.6 Å². The van der Waals surface area contributed by atoms with Crippen LogP contribution in [0.15, 0.2) is 91.7 Å². The lowest BCUT2D eigenvalue weighted by molar-refractivity contribution is 0.197. The molecule has 1 aromatic carbocycles. The Morgan fingerprint density at radius 1 is 0.904 bits per heavy atom. The van der Waals surface area contributed by atoms with Gasteiger partial charge in [0.05, 0.1) is 17.9 Å². The molecular weight excluding hydrogens is 635 g/mol. The first-order valence-electron chi connectivity index (χ1n) is 21.2. The second-order valence-electron chi connectivity index (χ2n) is 17.8. The highest BCUT2D eigenvalue weighted by molar-refractivity contribution is 5.28. The normalized spacial score (nSPS) is 23.8. The van der Waals surface area contributed by atoms with Crippen LogP contribution in [0, 0.1) is 23.2 Å². The number of piperidine rings is 1. The number of fused-ring (bicyclic) bond motifs is 1. The average Bonchev–Trinajstić information content (AvgIpc) is 4.05. The summed E-state index contributed by atoms with van der Waals surface area (Å²) in [6, 6.07) is 11.5. The molecule has 5 N–H and O–H groups in total. The van der Waals surface area contributed by atoms with Gasteiger partial charge in [0.2, 0.25) is 0 Å². The fraction of sp³-hybridized carbons (Fsp3) is 0.660. The Morgan fingerprint density at radius 2 is 1.54 bits per heavy atom. The summed E-state index contributed by atoms with van der Waals surface area (Å²) in [5.74, 6) is 3.07. The standard InChI is InChI=1S/C42H65N5.C3H6.C2H6/c1-29(30(2)43)25-37(26-35-19-15-20-35)44-31(3)39-38-27-36(38)28-47(39)32(4)40(41(6,7)8)45-33(5)46-42(22-13-10-14-23-42)24-16-21-34-17-11-9-12-18-34;1-2-3-1;1-2/h9,11-12,17-18,35-40,44-46H,1-5,10,13-16,19-28,43H2,6-8H3;1-3H2;1-2H3/t36-,37?,38-,39?,40?;;/m0../s1. The minimum atomic E-state index is -0.0488. The van der Waals surface area contributed by atoms with Crippen LogP contribution >= 0.6 is 0 Å². The fourth-order valence-electron chi connectivity index (χ4n) is 8.75. The maximum Gasteiger partial charge on any atom is 0.0922 e. The van der Waals surface area contributed by atoms with Crippen molar-refractivity contribution in [3.8, 4) is 0 Å². The molecule has 0 amide bonds. The van der Waals surface area contributed by atoms with E-state index in [0.717, 1.165) is 60.4 Å². The van der Waals surface area contributed by atoms with Gasteiger partial charge in [-0.25, -0.2) is 0 Å². The van der Waals surface area contributed by atoms with Crippen LogP contribution in [0.1, 0.15) is 143 Å². The molecule has 5 heteroatoms.